The molecule has 0 aliphatic carbocycles. The zero-order chi connectivity index (χ0) is 11.6. The quantitative estimate of drug-likeness (QED) is 0.600. The Kier molecular flexibility index (Phi) is 7.12. The first kappa shape index (κ1) is 13.4. The molecule has 1 fully saturated rings. The van der Waals surface area contributed by atoms with Crippen molar-refractivity contribution in [1.29, 1.82) is 0 Å². The van der Waals surface area contributed by atoms with E-state index in [1.54, 1.807) is 7.11 Å². The highest BCUT2D eigenvalue weighted by Gasteiger charge is 2.16. The fourth-order valence-electron chi connectivity index (χ4n) is 1.65. The number of morpholine rings is 1. The fraction of sp³-hybridized carbons (Fsp3) is 0.909. The highest BCUT2D eigenvalue weighted by Crippen LogP contribution is 1.98. The second-order valence-electron chi connectivity index (χ2n) is 3.98. The largest absolute Gasteiger partial charge is 0.385 e. The van der Waals surface area contributed by atoms with Crippen LogP contribution in [0.1, 0.15) is 19.3 Å². The number of nitrogens with one attached hydrogen (secondary N) is 2. The van der Waals surface area contributed by atoms with Gasteiger partial charge in [-0.1, -0.05) is 0 Å². The summed E-state index contributed by atoms with van der Waals surface area (Å²) in [4.78, 5) is 11.5. The Morgan fingerprint density at radius 3 is 3.12 bits per heavy atom. The zero-order valence-corrected chi connectivity index (χ0v) is 9.96. The second-order valence-corrected chi connectivity index (χ2v) is 3.98. The third-order valence-corrected chi connectivity index (χ3v) is 2.53. The maximum Gasteiger partial charge on any atom is 0.221 e. The number of carbonyl (C=O) groups is 1. The standard InChI is InChI=1S/C11H22N2O3/c1-15-6-3-2-4-13-11(14)8-10-9-16-7-5-12-10/h10,12H,2-9H2,1H3,(H,13,14). The Morgan fingerprint density at radius 2 is 2.44 bits per heavy atom. The number of hydrogen-bond donors (Lipinski definition) is 2. The lowest BCUT2D eigenvalue weighted by Crippen LogP contribution is -2.44. The van der Waals surface area contributed by atoms with Gasteiger partial charge in [-0.05, 0) is 12.8 Å². The van der Waals surface area contributed by atoms with Crippen molar-refractivity contribution in [3.63, 3.8) is 0 Å². The summed E-state index contributed by atoms with van der Waals surface area (Å²) >= 11 is 0. The van der Waals surface area contributed by atoms with Crippen LogP contribution in [0.2, 0.25) is 0 Å². The average molecular weight is 230 g/mol. The van der Waals surface area contributed by atoms with Crippen LogP contribution in [0.5, 0.6) is 0 Å². The summed E-state index contributed by atoms with van der Waals surface area (Å²) in [6.07, 6.45) is 2.46. The molecule has 1 unspecified atom stereocenters. The highest BCUT2D eigenvalue weighted by molar-refractivity contribution is 5.76. The number of methoxy groups -OCH3 is 1. The molecule has 0 aromatic heterocycles. The van der Waals surface area contributed by atoms with Crippen LogP contribution >= 0.6 is 0 Å². The van der Waals surface area contributed by atoms with Gasteiger partial charge in [0.25, 0.3) is 0 Å². The molecule has 1 aliphatic heterocycles. The number of rotatable bonds is 7. The molecular weight excluding hydrogens is 208 g/mol. The summed E-state index contributed by atoms with van der Waals surface area (Å²) in [6, 6.07) is 0.174. The summed E-state index contributed by atoms with van der Waals surface area (Å²) < 4.78 is 10.2. The van der Waals surface area contributed by atoms with Gasteiger partial charge in [0.1, 0.15) is 0 Å². The minimum atomic E-state index is 0.0976. The van der Waals surface area contributed by atoms with Crippen LogP contribution in [-0.4, -0.2) is 52.0 Å². The van der Waals surface area contributed by atoms with E-state index in [0.29, 0.717) is 13.0 Å². The predicted octanol–water partition coefficient (Wildman–Crippen LogP) is -0.0923. The van der Waals surface area contributed by atoms with E-state index in [4.69, 9.17) is 9.47 Å². The Balaban J connectivity index is 1.97. The van der Waals surface area contributed by atoms with E-state index in [9.17, 15) is 4.79 Å². The molecule has 0 bridgehead atoms. The SMILES string of the molecule is COCCCCNC(=O)CC1COCCN1. The van der Waals surface area contributed by atoms with Gasteiger partial charge in [0.2, 0.25) is 5.91 Å². The molecule has 5 heteroatoms. The second kappa shape index (κ2) is 8.50. The lowest BCUT2D eigenvalue weighted by atomic mass is 10.2. The van der Waals surface area contributed by atoms with Gasteiger partial charge in [-0.25, -0.2) is 0 Å². The van der Waals surface area contributed by atoms with Gasteiger partial charge < -0.3 is 20.1 Å². The molecule has 5 nitrogen and oxygen atoms in total. The monoisotopic (exact) mass is 230 g/mol. The molecule has 0 aromatic carbocycles. The van der Waals surface area contributed by atoms with Gasteiger partial charge in [-0.3, -0.25) is 4.79 Å². The number of amides is 1. The van der Waals surface area contributed by atoms with Crippen molar-refractivity contribution in [3.05, 3.63) is 0 Å². The maximum absolute atomic E-state index is 11.5. The van der Waals surface area contributed by atoms with Crippen LogP contribution in [-0.2, 0) is 14.3 Å². The van der Waals surface area contributed by atoms with E-state index < -0.39 is 0 Å². The maximum atomic E-state index is 11.5. The van der Waals surface area contributed by atoms with Gasteiger partial charge in [0, 0.05) is 39.3 Å². The topological polar surface area (TPSA) is 59.6 Å². The molecule has 0 radical (unpaired) electrons. The van der Waals surface area contributed by atoms with Crippen LogP contribution in [0.25, 0.3) is 0 Å². The minimum Gasteiger partial charge on any atom is -0.385 e. The Hall–Kier alpha value is -0.650. The normalized spacial score (nSPS) is 20.7. The first-order chi connectivity index (χ1) is 7.83. The molecule has 1 atom stereocenters. The zero-order valence-electron chi connectivity index (χ0n) is 9.96. The summed E-state index contributed by atoms with van der Waals surface area (Å²) in [7, 11) is 1.69. The van der Waals surface area contributed by atoms with Crippen LogP contribution in [0, 0.1) is 0 Å². The summed E-state index contributed by atoms with van der Waals surface area (Å²) in [5.74, 6) is 0.0976. The van der Waals surface area contributed by atoms with Gasteiger partial charge in [0.05, 0.1) is 13.2 Å². The Bertz CT molecular complexity index is 194. The Labute approximate surface area is 96.9 Å². The number of ether oxygens (including phenoxy) is 2. The van der Waals surface area contributed by atoms with Crippen molar-refractivity contribution in [2.24, 2.45) is 0 Å². The summed E-state index contributed by atoms with van der Waals surface area (Å²) in [6.45, 7) is 3.71. The molecule has 1 rings (SSSR count). The van der Waals surface area contributed by atoms with Crippen molar-refractivity contribution in [1.82, 2.24) is 10.6 Å². The van der Waals surface area contributed by atoms with Crippen LogP contribution in [0.3, 0.4) is 0 Å². The molecule has 0 aromatic rings. The van der Waals surface area contributed by atoms with Crippen LogP contribution in [0.15, 0.2) is 0 Å². The first-order valence-corrected chi connectivity index (χ1v) is 5.89. The number of unbranched alkanes of at least 4 members (excludes halogenated alkanes) is 1. The molecule has 1 heterocycles. The van der Waals surface area contributed by atoms with Gasteiger partial charge in [0.15, 0.2) is 0 Å². The van der Waals surface area contributed by atoms with Crippen LogP contribution in [0.4, 0.5) is 0 Å². The molecular formula is C11H22N2O3. The highest BCUT2D eigenvalue weighted by atomic mass is 16.5. The molecule has 1 saturated heterocycles. The van der Waals surface area contributed by atoms with Gasteiger partial charge in [-0.2, -0.15) is 0 Å². The van der Waals surface area contributed by atoms with E-state index in [0.717, 1.165) is 39.1 Å². The van der Waals surface area contributed by atoms with Crippen molar-refractivity contribution >= 4 is 5.91 Å². The molecule has 1 aliphatic rings. The average Bonchev–Trinajstić information content (AvgIpc) is 2.30. The van der Waals surface area contributed by atoms with E-state index in [-0.39, 0.29) is 11.9 Å². The third-order valence-electron chi connectivity index (χ3n) is 2.53. The molecule has 2 N–H and O–H groups in total. The Morgan fingerprint density at radius 1 is 1.56 bits per heavy atom. The minimum absolute atomic E-state index is 0.0976. The lowest BCUT2D eigenvalue weighted by molar-refractivity contribution is -0.122. The number of hydrogen-bond acceptors (Lipinski definition) is 4. The molecule has 94 valence electrons. The fourth-order valence-corrected chi connectivity index (χ4v) is 1.65. The van der Waals surface area contributed by atoms with E-state index in [2.05, 4.69) is 10.6 Å². The van der Waals surface area contributed by atoms with Crippen LogP contribution < -0.4 is 10.6 Å². The number of carbonyl (C=O) groups excluding carboxylic acids is 1. The van der Waals surface area contributed by atoms with Crippen molar-refractivity contribution in [2.45, 2.75) is 25.3 Å². The summed E-state index contributed by atoms with van der Waals surface area (Å²) in [5.41, 5.74) is 0. The van der Waals surface area contributed by atoms with E-state index in [1.165, 1.54) is 0 Å². The molecule has 0 spiro atoms. The van der Waals surface area contributed by atoms with Crippen molar-refractivity contribution < 1.29 is 14.3 Å². The van der Waals surface area contributed by atoms with E-state index in [1.807, 2.05) is 0 Å². The van der Waals surface area contributed by atoms with Crippen molar-refractivity contribution in [3.8, 4) is 0 Å². The lowest BCUT2D eigenvalue weighted by Gasteiger charge is -2.23. The summed E-state index contributed by atoms with van der Waals surface area (Å²) in [5, 5.41) is 6.15. The molecule has 0 saturated carbocycles. The third kappa shape index (κ3) is 6.05. The van der Waals surface area contributed by atoms with Gasteiger partial charge >= 0.3 is 0 Å². The van der Waals surface area contributed by atoms with Gasteiger partial charge in [-0.15, -0.1) is 0 Å². The predicted molar refractivity (Wildman–Crippen MR) is 61.3 cm³/mol. The molecule has 1 amide bonds. The van der Waals surface area contributed by atoms with E-state index >= 15 is 0 Å². The smallest absolute Gasteiger partial charge is 0.221 e. The molecule has 16 heavy (non-hydrogen) atoms. The first-order valence-electron chi connectivity index (χ1n) is 5.89. The van der Waals surface area contributed by atoms with Crippen molar-refractivity contribution in [2.75, 3.05) is 40.0 Å².